The zero-order valence-electron chi connectivity index (χ0n) is 10.1. The fourth-order valence-corrected chi connectivity index (χ4v) is 2.63. The van der Waals surface area contributed by atoms with Crippen molar-refractivity contribution >= 4 is 23.2 Å². The Labute approximate surface area is 107 Å². The molecule has 0 aromatic heterocycles. The lowest BCUT2D eigenvalue weighted by atomic mass is 9.97. The van der Waals surface area contributed by atoms with Gasteiger partial charge in [0.25, 0.3) is 0 Å². The molecule has 1 saturated carbocycles. The molecule has 0 heterocycles. The normalized spacial score (nSPS) is 23.6. The molecular formula is C14H18ClNO. The number of rotatable bonds is 3. The second-order valence-electron chi connectivity index (χ2n) is 4.83. The summed E-state index contributed by atoms with van der Waals surface area (Å²) in [6, 6.07) is 7.71. The monoisotopic (exact) mass is 251 g/mol. The fourth-order valence-electron chi connectivity index (χ4n) is 2.45. The molecular weight excluding hydrogens is 234 g/mol. The molecule has 2 atom stereocenters. The summed E-state index contributed by atoms with van der Waals surface area (Å²) in [6.45, 7) is 2.16. The van der Waals surface area contributed by atoms with Gasteiger partial charge in [0, 0.05) is 17.5 Å². The third-order valence-corrected chi connectivity index (χ3v) is 3.88. The molecule has 0 spiro atoms. The highest BCUT2D eigenvalue weighted by Gasteiger charge is 2.29. The van der Waals surface area contributed by atoms with Crippen LogP contribution in [-0.4, -0.2) is 5.91 Å². The topological polar surface area (TPSA) is 29.1 Å². The van der Waals surface area contributed by atoms with Crippen LogP contribution in [0.25, 0.3) is 0 Å². The predicted octanol–water partition coefficient (Wildman–Crippen LogP) is 3.80. The van der Waals surface area contributed by atoms with E-state index < -0.39 is 0 Å². The van der Waals surface area contributed by atoms with E-state index in [0.717, 1.165) is 17.7 Å². The van der Waals surface area contributed by atoms with Gasteiger partial charge in [-0.2, -0.15) is 0 Å². The number of carbonyl (C=O) groups is 1. The summed E-state index contributed by atoms with van der Waals surface area (Å²) in [5, 5.41) is 2.98. The first kappa shape index (κ1) is 12.4. The zero-order valence-corrected chi connectivity index (χ0v) is 10.8. The van der Waals surface area contributed by atoms with Crippen LogP contribution in [0.1, 0.15) is 31.7 Å². The number of hydrogen-bond acceptors (Lipinski definition) is 1. The SMILES string of the molecule is CC1CCCC1C(=O)Nc1ccc(CCl)cc1. The molecule has 2 nitrogen and oxygen atoms in total. The molecule has 17 heavy (non-hydrogen) atoms. The Bertz CT molecular complexity index is 388. The van der Waals surface area contributed by atoms with Crippen molar-refractivity contribution in [2.75, 3.05) is 5.32 Å². The largest absolute Gasteiger partial charge is 0.326 e. The van der Waals surface area contributed by atoms with Crippen molar-refractivity contribution < 1.29 is 4.79 Å². The predicted molar refractivity (Wildman–Crippen MR) is 71.1 cm³/mol. The van der Waals surface area contributed by atoms with E-state index in [9.17, 15) is 4.79 Å². The molecule has 92 valence electrons. The minimum absolute atomic E-state index is 0.161. The first-order valence-electron chi connectivity index (χ1n) is 6.16. The Morgan fingerprint density at radius 1 is 1.35 bits per heavy atom. The van der Waals surface area contributed by atoms with Crippen LogP contribution < -0.4 is 5.32 Å². The van der Waals surface area contributed by atoms with E-state index in [1.165, 1.54) is 12.8 Å². The Balaban J connectivity index is 1.97. The van der Waals surface area contributed by atoms with Crippen molar-refractivity contribution in [2.45, 2.75) is 32.1 Å². The van der Waals surface area contributed by atoms with Crippen LogP contribution in [0, 0.1) is 11.8 Å². The van der Waals surface area contributed by atoms with Crippen LogP contribution in [0.4, 0.5) is 5.69 Å². The smallest absolute Gasteiger partial charge is 0.227 e. The maximum absolute atomic E-state index is 12.0. The molecule has 0 saturated heterocycles. The van der Waals surface area contributed by atoms with E-state index in [-0.39, 0.29) is 11.8 Å². The lowest BCUT2D eigenvalue weighted by Gasteiger charge is -2.15. The second kappa shape index (κ2) is 5.54. The van der Waals surface area contributed by atoms with Crippen LogP contribution in [0.5, 0.6) is 0 Å². The number of alkyl halides is 1. The van der Waals surface area contributed by atoms with Gasteiger partial charge in [0.15, 0.2) is 0 Å². The van der Waals surface area contributed by atoms with Gasteiger partial charge in [0.2, 0.25) is 5.91 Å². The molecule has 1 aliphatic rings. The highest BCUT2D eigenvalue weighted by molar-refractivity contribution is 6.17. The minimum Gasteiger partial charge on any atom is -0.326 e. The van der Waals surface area contributed by atoms with E-state index in [4.69, 9.17) is 11.6 Å². The Morgan fingerprint density at radius 2 is 2.06 bits per heavy atom. The maximum atomic E-state index is 12.0. The van der Waals surface area contributed by atoms with Gasteiger partial charge in [-0.05, 0) is 36.5 Å². The average Bonchev–Trinajstić information content (AvgIpc) is 2.76. The van der Waals surface area contributed by atoms with Gasteiger partial charge in [-0.25, -0.2) is 0 Å². The van der Waals surface area contributed by atoms with Crippen molar-refractivity contribution in [1.29, 1.82) is 0 Å². The van der Waals surface area contributed by atoms with Crippen molar-refractivity contribution in [3.05, 3.63) is 29.8 Å². The Hall–Kier alpha value is -1.02. The number of amides is 1. The molecule has 1 aliphatic carbocycles. The molecule has 1 amide bonds. The van der Waals surface area contributed by atoms with Crippen LogP contribution >= 0.6 is 11.6 Å². The van der Waals surface area contributed by atoms with E-state index in [1.807, 2.05) is 24.3 Å². The lowest BCUT2D eigenvalue weighted by Crippen LogP contribution is -2.24. The molecule has 1 aromatic rings. The summed E-state index contributed by atoms with van der Waals surface area (Å²) in [6.07, 6.45) is 3.36. The summed E-state index contributed by atoms with van der Waals surface area (Å²) in [5.74, 6) is 1.36. The third-order valence-electron chi connectivity index (χ3n) is 3.57. The number of carbonyl (C=O) groups excluding carboxylic acids is 1. The van der Waals surface area contributed by atoms with Gasteiger partial charge in [-0.1, -0.05) is 25.5 Å². The van der Waals surface area contributed by atoms with Crippen LogP contribution in [-0.2, 0) is 10.7 Å². The van der Waals surface area contributed by atoms with Crippen molar-refractivity contribution in [3.63, 3.8) is 0 Å². The summed E-state index contributed by atoms with van der Waals surface area (Å²) in [4.78, 5) is 12.0. The summed E-state index contributed by atoms with van der Waals surface area (Å²) < 4.78 is 0. The van der Waals surface area contributed by atoms with Crippen molar-refractivity contribution in [3.8, 4) is 0 Å². The molecule has 1 aromatic carbocycles. The number of nitrogens with one attached hydrogen (secondary N) is 1. The molecule has 2 unspecified atom stereocenters. The molecule has 1 fully saturated rings. The summed E-state index contributed by atoms with van der Waals surface area (Å²) >= 11 is 5.72. The van der Waals surface area contributed by atoms with Gasteiger partial charge >= 0.3 is 0 Å². The number of halogens is 1. The highest BCUT2D eigenvalue weighted by atomic mass is 35.5. The highest BCUT2D eigenvalue weighted by Crippen LogP contribution is 2.32. The van der Waals surface area contributed by atoms with E-state index in [1.54, 1.807) is 0 Å². The van der Waals surface area contributed by atoms with Crippen LogP contribution in [0.2, 0.25) is 0 Å². The van der Waals surface area contributed by atoms with Gasteiger partial charge in [0.1, 0.15) is 0 Å². The minimum atomic E-state index is 0.161. The first-order chi connectivity index (χ1) is 8.20. The number of benzene rings is 1. The second-order valence-corrected chi connectivity index (χ2v) is 5.10. The molecule has 0 aliphatic heterocycles. The molecule has 0 bridgehead atoms. The fraction of sp³-hybridized carbons (Fsp3) is 0.500. The van der Waals surface area contributed by atoms with E-state index >= 15 is 0 Å². The van der Waals surface area contributed by atoms with Gasteiger partial charge in [-0.15, -0.1) is 11.6 Å². The van der Waals surface area contributed by atoms with E-state index in [0.29, 0.717) is 11.8 Å². The number of anilines is 1. The Kier molecular flexibility index (Phi) is 4.06. The van der Waals surface area contributed by atoms with Crippen molar-refractivity contribution in [2.24, 2.45) is 11.8 Å². The summed E-state index contributed by atoms with van der Waals surface area (Å²) in [7, 11) is 0. The van der Waals surface area contributed by atoms with E-state index in [2.05, 4.69) is 12.2 Å². The number of hydrogen-bond donors (Lipinski definition) is 1. The quantitative estimate of drug-likeness (QED) is 0.814. The lowest BCUT2D eigenvalue weighted by molar-refractivity contribution is -0.120. The molecule has 3 heteroatoms. The molecule has 0 radical (unpaired) electrons. The standard InChI is InChI=1S/C14H18ClNO/c1-10-3-2-4-13(10)14(17)16-12-7-5-11(9-15)6-8-12/h5-8,10,13H,2-4,9H2,1H3,(H,16,17). The van der Waals surface area contributed by atoms with Gasteiger partial charge in [0.05, 0.1) is 0 Å². The van der Waals surface area contributed by atoms with Gasteiger partial charge in [-0.3, -0.25) is 4.79 Å². The van der Waals surface area contributed by atoms with Gasteiger partial charge < -0.3 is 5.32 Å². The Morgan fingerprint density at radius 3 is 2.59 bits per heavy atom. The molecule has 1 N–H and O–H groups in total. The summed E-state index contributed by atoms with van der Waals surface area (Å²) in [5.41, 5.74) is 1.93. The average molecular weight is 252 g/mol. The van der Waals surface area contributed by atoms with Crippen LogP contribution in [0.15, 0.2) is 24.3 Å². The first-order valence-corrected chi connectivity index (χ1v) is 6.70. The zero-order chi connectivity index (χ0) is 12.3. The maximum Gasteiger partial charge on any atom is 0.227 e. The van der Waals surface area contributed by atoms with Crippen LogP contribution in [0.3, 0.4) is 0 Å². The van der Waals surface area contributed by atoms with Crippen molar-refractivity contribution in [1.82, 2.24) is 0 Å². The third kappa shape index (κ3) is 3.01. The molecule has 2 rings (SSSR count).